The molecule has 1 saturated heterocycles. The molecule has 0 aliphatic carbocycles. The fraction of sp³-hybridized carbons (Fsp3) is 0.429. The van der Waals surface area contributed by atoms with Crippen molar-refractivity contribution < 1.29 is 4.74 Å². The first-order valence-corrected chi connectivity index (χ1v) is 2.71. The Balaban J connectivity index is 2.40. The van der Waals surface area contributed by atoms with Crippen LogP contribution < -0.4 is 0 Å². The maximum absolute atomic E-state index is 5.10. The third-order valence-corrected chi connectivity index (χ3v) is 1.38. The predicted octanol–water partition coefficient (Wildman–Crippen LogP) is 1.52. The molecule has 1 heterocycles. The molecule has 0 aromatic carbocycles. The Bertz CT molecular complexity index is 112. The first-order chi connectivity index (χ1) is 3.83. The topological polar surface area (TPSA) is 12.5 Å². The number of hydrogen-bond donors (Lipinski definition) is 0. The van der Waals surface area contributed by atoms with Crippen molar-refractivity contribution in [3.8, 4) is 0 Å². The lowest BCUT2D eigenvalue weighted by Gasteiger charge is -1.96. The van der Waals surface area contributed by atoms with Gasteiger partial charge in [0.15, 0.2) is 0 Å². The van der Waals surface area contributed by atoms with Crippen molar-refractivity contribution in [2.75, 3.05) is 6.61 Å². The first kappa shape index (κ1) is 5.57. The maximum Gasteiger partial charge on any atom is 0.113 e. The van der Waals surface area contributed by atoms with Crippen LogP contribution in [0.5, 0.6) is 0 Å². The van der Waals surface area contributed by atoms with Crippen LogP contribution in [0, 0.1) is 0 Å². The molecule has 0 amide bonds. The fourth-order valence-corrected chi connectivity index (χ4v) is 0.656. The zero-order valence-corrected chi connectivity index (χ0v) is 4.89. The van der Waals surface area contributed by atoms with Gasteiger partial charge in [0.25, 0.3) is 0 Å². The summed E-state index contributed by atoms with van der Waals surface area (Å²) >= 11 is 0. The lowest BCUT2D eigenvalue weighted by atomic mass is 10.1. The number of ether oxygens (including phenoxy) is 1. The number of rotatable bonds is 3. The van der Waals surface area contributed by atoms with Crippen LogP contribution in [0.15, 0.2) is 25.3 Å². The minimum atomic E-state index is -0.0122. The van der Waals surface area contributed by atoms with Gasteiger partial charge < -0.3 is 4.74 Å². The van der Waals surface area contributed by atoms with E-state index in [-0.39, 0.29) is 5.60 Å². The Hall–Kier alpha value is -0.560. The van der Waals surface area contributed by atoms with E-state index in [0.29, 0.717) is 0 Å². The molecular weight excluding hydrogens is 100 g/mol. The van der Waals surface area contributed by atoms with E-state index < -0.39 is 0 Å². The van der Waals surface area contributed by atoms with Crippen LogP contribution in [-0.2, 0) is 4.74 Å². The lowest BCUT2D eigenvalue weighted by molar-refractivity contribution is 0.353. The summed E-state index contributed by atoms with van der Waals surface area (Å²) in [6, 6.07) is 0. The van der Waals surface area contributed by atoms with Gasteiger partial charge in [-0.3, -0.25) is 0 Å². The van der Waals surface area contributed by atoms with Gasteiger partial charge in [-0.15, -0.1) is 13.2 Å². The summed E-state index contributed by atoms with van der Waals surface area (Å²) in [6.07, 6.45) is 4.60. The smallest absolute Gasteiger partial charge is 0.113 e. The Morgan fingerprint density at radius 3 is 2.38 bits per heavy atom. The molecule has 1 fully saturated rings. The SMILES string of the molecule is C=CCC1(C=C)CO1. The molecular formula is C7H10O. The molecule has 0 N–H and O–H groups in total. The second kappa shape index (κ2) is 1.75. The molecule has 1 rings (SSSR count). The Labute approximate surface area is 49.7 Å². The quantitative estimate of drug-likeness (QED) is 0.396. The molecule has 1 atom stereocenters. The van der Waals surface area contributed by atoms with Crippen molar-refractivity contribution in [1.82, 2.24) is 0 Å². The van der Waals surface area contributed by atoms with Gasteiger partial charge in [0.1, 0.15) is 5.60 Å². The monoisotopic (exact) mass is 110 g/mol. The van der Waals surface area contributed by atoms with Crippen molar-refractivity contribution in [2.24, 2.45) is 0 Å². The Kier molecular flexibility index (Phi) is 1.22. The van der Waals surface area contributed by atoms with Gasteiger partial charge in [-0.2, -0.15) is 0 Å². The van der Waals surface area contributed by atoms with Gasteiger partial charge in [0.05, 0.1) is 6.61 Å². The van der Waals surface area contributed by atoms with Crippen LogP contribution in [0.1, 0.15) is 6.42 Å². The van der Waals surface area contributed by atoms with Crippen molar-refractivity contribution in [3.05, 3.63) is 25.3 Å². The van der Waals surface area contributed by atoms with Crippen molar-refractivity contribution >= 4 is 0 Å². The minimum absolute atomic E-state index is 0.0122. The summed E-state index contributed by atoms with van der Waals surface area (Å²) in [4.78, 5) is 0. The van der Waals surface area contributed by atoms with E-state index in [1.165, 1.54) is 0 Å². The zero-order valence-electron chi connectivity index (χ0n) is 4.89. The molecule has 1 aliphatic heterocycles. The average molecular weight is 110 g/mol. The van der Waals surface area contributed by atoms with Crippen LogP contribution in [-0.4, -0.2) is 12.2 Å². The molecule has 0 bridgehead atoms. The zero-order chi connectivity index (χ0) is 6.04. The van der Waals surface area contributed by atoms with Crippen molar-refractivity contribution in [1.29, 1.82) is 0 Å². The van der Waals surface area contributed by atoms with E-state index in [0.717, 1.165) is 13.0 Å². The molecule has 0 aromatic rings. The molecule has 8 heavy (non-hydrogen) atoms. The van der Waals surface area contributed by atoms with Gasteiger partial charge in [-0.25, -0.2) is 0 Å². The van der Waals surface area contributed by atoms with Gasteiger partial charge in [-0.05, 0) is 6.42 Å². The molecule has 0 aromatic heterocycles. The summed E-state index contributed by atoms with van der Waals surface area (Å²) in [5.41, 5.74) is -0.0122. The largest absolute Gasteiger partial charge is 0.365 e. The molecule has 1 aliphatic rings. The van der Waals surface area contributed by atoms with E-state index in [1.54, 1.807) is 0 Å². The average Bonchev–Trinajstić information content (AvgIpc) is 2.50. The van der Waals surface area contributed by atoms with Gasteiger partial charge >= 0.3 is 0 Å². The van der Waals surface area contributed by atoms with Gasteiger partial charge in [-0.1, -0.05) is 12.2 Å². The van der Waals surface area contributed by atoms with Crippen molar-refractivity contribution in [3.63, 3.8) is 0 Å². The highest BCUT2D eigenvalue weighted by atomic mass is 16.6. The van der Waals surface area contributed by atoms with Gasteiger partial charge in [0, 0.05) is 0 Å². The van der Waals surface area contributed by atoms with E-state index in [2.05, 4.69) is 13.2 Å². The van der Waals surface area contributed by atoms with Crippen LogP contribution in [0.2, 0.25) is 0 Å². The van der Waals surface area contributed by atoms with Crippen LogP contribution >= 0.6 is 0 Å². The second-order valence-corrected chi connectivity index (χ2v) is 2.05. The third-order valence-electron chi connectivity index (χ3n) is 1.38. The molecule has 44 valence electrons. The maximum atomic E-state index is 5.10. The third kappa shape index (κ3) is 0.819. The van der Waals surface area contributed by atoms with Gasteiger partial charge in [0.2, 0.25) is 0 Å². The summed E-state index contributed by atoms with van der Waals surface area (Å²) in [6.45, 7) is 8.07. The fourth-order valence-electron chi connectivity index (χ4n) is 0.656. The number of epoxide rings is 1. The highest BCUT2D eigenvalue weighted by molar-refractivity contribution is 5.09. The van der Waals surface area contributed by atoms with E-state index in [9.17, 15) is 0 Å². The molecule has 0 radical (unpaired) electrons. The molecule has 1 unspecified atom stereocenters. The molecule has 0 saturated carbocycles. The van der Waals surface area contributed by atoms with E-state index >= 15 is 0 Å². The minimum Gasteiger partial charge on any atom is -0.365 e. The molecule has 1 nitrogen and oxygen atoms in total. The van der Waals surface area contributed by atoms with Crippen molar-refractivity contribution in [2.45, 2.75) is 12.0 Å². The normalized spacial score (nSPS) is 34.0. The predicted molar refractivity (Wildman–Crippen MR) is 33.7 cm³/mol. The highest BCUT2D eigenvalue weighted by Crippen LogP contribution is 2.31. The van der Waals surface area contributed by atoms with Crippen LogP contribution in [0.4, 0.5) is 0 Å². The highest BCUT2D eigenvalue weighted by Gasteiger charge is 2.39. The van der Waals surface area contributed by atoms with Crippen LogP contribution in [0.3, 0.4) is 0 Å². The number of hydrogen-bond acceptors (Lipinski definition) is 1. The summed E-state index contributed by atoms with van der Waals surface area (Å²) in [5.74, 6) is 0. The second-order valence-electron chi connectivity index (χ2n) is 2.05. The standard InChI is InChI=1S/C7H10O/c1-3-5-7(4-2)6-8-7/h3-4H,1-2,5-6H2. The van der Waals surface area contributed by atoms with E-state index in [1.807, 2.05) is 12.2 Å². The molecule has 0 spiro atoms. The first-order valence-electron chi connectivity index (χ1n) is 2.71. The Morgan fingerprint density at radius 1 is 1.62 bits per heavy atom. The summed E-state index contributed by atoms with van der Waals surface area (Å²) < 4.78 is 5.10. The van der Waals surface area contributed by atoms with Crippen LogP contribution in [0.25, 0.3) is 0 Å². The summed E-state index contributed by atoms with van der Waals surface area (Å²) in [5, 5.41) is 0. The lowest BCUT2D eigenvalue weighted by Crippen LogP contribution is -2.02. The van der Waals surface area contributed by atoms with E-state index in [4.69, 9.17) is 4.74 Å². The summed E-state index contributed by atoms with van der Waals surface area (Å²) in [7, 11) is 0. The Morgan fingerprint density at radius 2 is 2.25 bits per heavy atom. The molecule has 1 heteroatoms.